The summed E-state index contributed by atoms with van der Waals surface area (Å²) < 4.78 is 5.45. The van der Waals surface area contributed by atoms with E-state index in [1.54, 1.807) is 19.1 Å². The van der Waals surface area contributed by atoms with Crippen molar-refractivity contribution in [2.75, 3.05) is 6.61 Å². The van der Waals surface area contributed by atoms with Crippen LogP contribution >= 0.6 is 0 Å². The maximum absolute atomic E-state index is 12.6. The number of pyridine rings is 1. The first-order valence-electron chi connectivity index (χ1n) is 10.4. The molecule has 3 aromatic rings. The van der Waals surface area contributed by atoms with E-state index in [1.165, 1.54) is 30.5 Å². The van der Waals surface area contributed by atoms with E-state index in [0.29, 0.717) is 18.6 Å². The molecule has 9 nitrogen and oxygen atoms in total. The fourth-order valence-electron chi connectivity index (χ4n) is 3.49. The van der Waals surface area contributed by atoms with Crippen LogP contribution in [0, 0.1) is 10.1 Å². The second-order valence-corrected chi connectivity index (χ2v) is 7.25. The van der Waals surface area contributed by atoms with Crippen molar-refractivity contribution >= 4 is 22.5 Å². The van der Waals surface area contributed by atoms with Crippen molar-refractivity contribution < 1.29 is 24.7 Å². The second kappa shape index (κ2) is 9.95. The average Bonchev–Trinajstić information content (AvgIpc) is 2.78. The third-order valence-corrected chi connectivity index (χ3v) is 5.06. The number of carbonyl (C=O) groups excluding carboxylic acids is 1. The molecular weight excluding hydrogens is 414 g/mol. The number of nitro benzene ring substituents is 1. The Morgan fingerprint density at radius 2 is 2.03 bits per heavy atom. The minimum absolute atomic E-state index is 0.0633. The minimum Gasteiger partial charge on any atom is -0.505 e. The number of nitro groups is 1. The van der Waals surface area contributed by atoms with Crippen LogP contribution in [0.2, 0.25) is 0 Å². The van der Waals surface area contributed by atoms with Gasteiger partial charge in [-0.25, -0.2) is 0 Å². The molecule has 0 saturated carbocycles. The number of hydrogen-bond acceptors (Lipinski definition) is 7. The van der Waals surface area contributed by atoms with Crippen molar-refractivity contribution in [3.8, 4) is 17.2 Å². The van der Waals surface area contributed by atoms with Gasteiger partial charge in [-0.1, -0.05) is 19.4 Å². The Labute approximate surface area is 184 Å². The molecule has 1 heterocycles. The van der Waals surface area contributed by atoms with E-state index in [0.717, 1.165) is 6.42 Å². The van der Waals surface area contributed by atoms with Crippen LogP contribution in [-0.4, -0.2) is 32.6 Å². The topological polar surface area (TPSA) is 135 Å². The molecule has 0 saturated heterocycles. The molecule has 32 heavy (non-hydrogen) atoms. The summed E-state index contributed by atoms with van der Waals surface area (Å²) in [5, 5.41) is 35.8. The third kappa shape index (κ3) is 4.72. The van der Waals surface area contributed by atoms with Gasteiger partial charge in [0.05, 0.1) is 23.0 Å². The number of unbranched alkanes of at least 4 members (excludes halogenated alkanes) is 1. The number of aromatic nitrogens is 1. The number of ether oxygens (including phenoxy) is 1. The van der Waals surface area contributed by atoms with Gasteiger partial charge in [-0.3, -0.25) is 19.9 Å². The Balaban J connectivity index is 2.21. The van der Waals surface area contributed by atoms with Crippen LogP contribution in [0.4, 0.5) is 5.69 Å². The normalized spacial score (nSPS) is 11.8. The predicted octanol–water partition coefficient (Wildman–Crippen LogP) is 4.35. The van der Waals surface area contributed by atoms with Crippen molar-refractivity contribution in [3.05, 3.63) is 63.8 Å². The van der Waals surface area contributed by atoms with E-state index in [-0.39, 0.29) is 51.7 Å². The number of hydrogen-bond donors (Lipinski definition) is 3. The molecule has 0 spiro atoms. The van der Waals surface area contributed by atoms with Gasteiger partial charge in [-0.15, -0.1) is 0 Å². The molecule has 1 atom stereocenters. The number of phenols is 2. The van der Waals surface area contributed by atoms with Gasteiger partial charge in [-0.2, -0.15) is 0 Å². The number of aromatic hydroxyl groups is 2. The second-order valence-electron chi connectivity index (χ2n) is 7.25. The molecule has 0 bridgehead atoms. The summed E-state index contributed by atoms with van der Waals surface area (Å²) in [7, 11) is 0. The highest BCUT2D eigenvalue weighted by atomic mass is 16.6. The maximum Gasteiger partial charge on any atom is 0.279 e. The van der Waals surface area contributed by atoms with Gasteiger partial charge in [0.2, 0.25) is 5.91 Å². The first kappa shape index (κ1) is 22.8. The highest BCUT2D eigenvalue weighted by Gasteiger charge is 2.27. The fourth-order valence-corrected chi connectivity index (χ4v) is 3.49. The number of non-ortho nitro benzene ring substituents is 1. The van der Waals surface area contributed by atoms with Gasteiger partial charge < -0.3 is 20.3 Å². The summed E-state index contributed by atoms with van der Waals surface area (Å²) in [4.78, 5) is 27.9. The summed E-state index contributed by atoms with van der Waals surface area (Å²) >= 11 is 0. The van der Waals surface area contributed by atoms with Crippen LogP contribution in [0.3, 0.4) is 0 Å². The lowest BCUT2D eigenvalue weighted by molar-refractivity contribution is -0.383. The zero-order valence-corrected chi connectivity index (χ0v) is 17.9. The number of rotatable bonds is 9. The predicted molar refractivity (Wildman–Crippen MR) is 119 cm³/mol. The lowest BCUT2D eigenvalue weighted by atomic mass is 9.94. The zero-order chi connectivity index (χ0) is 23.3. The minimum atomic E-state index is -0.927. The molecule has 3 rings (SSSR count). The monoisotopic (exact) mass is 439 g/mol. The van der Waals surface area contributed by atoms with Crippen molar-refractivity contribution in [2.45, 2.75) is 39.2 Å². The molecule has 1 aromatic heterocycles. The van der Waals surface area contributed by atoms with Crippen LogP contribution in [-0.2, 0) is 4.79 Å². The van der Waals surface area contributed by atoms with E-state index in [9.17, 15) is 25.1 Å². The van der Waals surface area contributed by atoms with E-state index >= 15 is 0 Å². The standard InChI is InChI=1S/C23H25N3O6/c1-3-5-8-20(28)25-21(14-9-10-18(27)19(12-14)32-4-2)16-13-17(26(30)31)15-7-6-11-24-22(15)23(16)29/h6-7,9-13,21,27,29H,3-5,8H2,1-2H3,(H,25,28)/t21-/m0/s1. The van der Waals surface area contributed by atoms with Gasteiger partial charge in [0, 0.05) is 24.2 Å². The van der Waals surface area contributed by atoms with Gasteiger partial charge in [0.15, 0.2) is 11.5 Å². The third-order valence-electron chi connectivity index (χ3n) is 5.06. The number of carbonyl (C=O) groups is 1. The lowest BCUT2D eigenvalue weighted by Gasteiger charge is -2.22. The molecule has 2 aromatic carbocycles. The number of phenolic OH excluding ortho intramolecular Hbond substituents is 2. The maximum atomic E-state index is 12.6. The van der Waals surface area contributed by atoms with Crippen molar-refractivity contribution in [1.82, 2.24) is 10.3 Å². The highest BCUT2D eigenvalue weighted by molar-refractivity contribution is 5.94. The van der Waals surface area contributed by atoms with E-state index in [2.05, 4.69) is 10.3 Å². The van der Waals surface area contributed by atoms with Crippen molar-refractivity contribution in [3.63, 3.8) is 0 Å². The van der Waals surface area contributed by atoms with Crippen LogP contribution in [0.25, 0.3) is 10.9 Å². The Morgan fingerprint density at radius 1 is 1.25 bits per heavy atom. The summed E-state index contributed by atoms with van der Waals surface area (Å²) in [6, 6.07) is 7.89. The Hall–Kier alpha value is -3.88. The number of amides is 1. The molecule has 0 aliphatic carbocycles. The summed E-state index contributed by atoms with van der Waals surface area (Å²) in [6.45, 7) is 4.03. The van der Waals surface area contributed by atoms with Gasteiger partial charge in [0.25, 0.3) is 5.69 Å². The average molecular weight is 439 g/mol. The van der Waals surface area contributed by atoms with Crippen molar-refractivity contribution in [1.29, 1.82) is 0 Å². The van der Waals surface area contributed by atoms with Crippen molar-refractivity contribution in [2.24, 2.45) is 0 Å². The molecule has 0 radical (unpaired) electrons. The van der Waals surface area contributed by atoms with E-state index in [4.69, 9.17) is 4.74 Å². The molecule has 0 aliphatic rings. The molecular formula is C23H25N3O6. The smallest absolute Gasteiger partial charge is 0.279 e. The van der Waals surface area contributed by atoms with Crippen LogP contribution in [0.15, 0.2) is 42.6 Å². The zero-order valence-electron chi connectivity index (χ0n) is 17.9. The summed E-state index contributed by atoms with van der Waals surface area (Å²) in [6.07, 6.45) is 3.18. The first-order chi connectivity index (χ1) is 15.4. The van der Waals surface area contributed by atoms with Gasteiger partial charge >= 0.3 is 0 Å². The molecule has 168 valence electrons. The SMILES string of the molecule is CCCCC(=O)N[C@@H](c1ccc(O)c(OCC)c1)c1cc([N+](=O)[O-])c2cccnc2c1O. The summed E-state index contributed by atoms with van der Waals surface area (Å²) in [5.74, 6) is -0.420. The molecule has 0 unspecified atom stereocenters. The molecule has 1 amide bonds. The first-order valence-corrected chi connectivity index (χ1v) is 10.4. The number of nitrogens with one attached hydrogen (secondary N) is 1. The summed E-state index contributed by atoms with van der Waals surface area (Å²) in [5.41, 5.74) is 0.433. The van der Waals surface area contributed by atoms with Crippen LogP contribution in [0.5, 0.6) is 17.2 Å². The quantitative estimate of drug-likeness (QED) is 0.333. The van der Waals surface area contributed by atoms with Gasteiger partial charge in [-0.05, 0) is 43.2 Å². The van der Waals surface area contributed by atoms with Crippen LogP contribution in [0.1, 0.15) is 50.3 Å². The fraction of sp³-hybridized carbons (Fsp3) is 0.304. The number of benzene rings is 2. The van der Waals surface area contributed by atoms with Gasteiger partial charge in [0.1, 0.15) is 11.3 Å². The van der Waals surface area contributed by atoms with E-state index < -0.39 is 11.0 Å². The molecule has 3 N–H and O–H groups in total. The molecule has 0 aliphatic heterocycles. The Kier molecular flexibility index (Phi) is 7.09. The highest BCUT2D eigenvalue weighted by Crippen LogP contribution is 2.41. The molecule has 0 fully saturated rings. The van der Waals surface area contributed by atoms with Crippen LogP contribution < -0.4 is 10.1 Å². The van der Waals surface area contributed by atoms with E-state index in [1.807, 2.05) is 6.92 Å². The Bertz CT molecular complexity index is 1150. The number of nitrogens with zero attached hydrogens (tertiary/aromatic N) is 2. The largest absolute Gasteiger partial charge is 0.505 e. The molecule has 9 heteroatoms. The Morgan fingerprint density at radius 3 is 2.72 bits per heavy atom. The lowest BCUT2D eigenvalue weighted by Crippen LogP contribution is -2.29. The number of fused-ring (bicyclic) bond motifs is 1.